The van der Waals surface area contributed by atoms with Gasteiger partial charge in [-0.3, -0.25) is 0 Å². The van der Waals surface area contributed by atoms with Gasteiger partial charge in [0.15, 0.2) is 0 Å². The highest BCUT2D eigenvalue weighted by Gasteiger charge is 2.15. The minimum atomic E-state index is 0.444. The SMILES string of the molecule is CNC(C)N(C)C1=CCC(C)CC1. The van der Waals surface area contributed by atoms with Crippen LogP contribution in [-0.4, -0.2) is 25.2 Å². The predicted molar refractivity (Wildman–Crippen MR) is 57.4 cm³/mol. The van der Waals surface area contributed by atoms with Gasteiger partial charge >= 0.3 is 0 Å². The maximum atomic E-state index is 3.26. The van der Waals surface area contributed by atoms with E-state index in [9.17, 15) is 0 Å². The van der Waals surface area contributed by atoms with Crippen LogP contribution in [0.4, 0.5) is 0 Å². The molecule has 76 valence electrons. The van der Waals surface area contributed by atoms with Gasteiger partial charge in [-0.15, -0.1) is 0 Å². The van der Waals surface area contributed by atoms with Crippen LogP contribution in [0.5, 0.6) is 0 Å². The molecule has 13 heavy (non-hydrogen) atoms. The molecule has 0 radical (unpaired) electrons. The average Bonchev–Trinajstić information content (AvgIpc) is 2.17. The fourth-order valence-electron chi connectivity index (χ4n) is 1.71. The fraction of sp³-hybridized carbons (Fsp3) is 0.818. The Kier molecular flexibility index (Phi) is 3.79. The molecule has 1 aliphatic carbocycles. The molecule has 0 saturated heterocycles. The third kappa shape index (κ3) is 2.73. The van der Waals surface area contributed by atoms with Crippen LogP contribution in [-0.2, 0) is 0 Å². The van der Waals surface area contributed by atoms with Crippen molar-refractivity contribution >= 4 is 0 Å². The monoisotopic (exact) mass is 182 g/mol. The van der Waals surface area contributed by atoms with Crippen molar-refractivity contribution in [1.82, 2.24) is 10.2 Å². The molecule has 0 fully saturated rings. The zero-order valence-corrected chi connectivity index (χ0v) is 9.30. The van der Waals surface area contributed by atoms with Crippen LogP contribution >= 0.6 is 0 Å². The fourth-order valence-corrected chi connectivity index (χ4v) is 1.71. The number of allylic oxidation sites excluding steroid dienone is 2. The van der Waals surface area contributed by atoms with Crippen molar-refractivity contribution in [3.8, 4) is 0 Å². The van der Waals surface area contributed by atoms with E-state index in [1.54, 1.807) is 0 Å². The molecule has 0 aliphatic heterocycles. The first-order valence-electron chi connectivity index (χ1n) is 5.24. The molecule has 0 bridgehead atoms. The first-order chi connectivity index (χ1) is 6.15. The summed E-state index contributed by atoms with van der Waals surface area (Å²) < 4.78 is 0. The van der Waals surface area contributed by atoms with Crippen LogP contribution < -0.4 is 5.32 Å². The second kappa shape index (κ2) is 4.66. The van der Waals surface area contributed by atoms with E-state index >= 15 is 0 Å². The van der Waals surface area contributed by atoms with Crippen molar-refractivity contribution in [2.45, 2.75) is 39.3 Å². The molecule has 0 spiro atoms. The standard InChI is InChI=1S/C11H22N2/c1-9-5-7-11(8-6-9)13(4)10(2)12-3/h7,9-10,12H,5-6,8H2,1-4H3. The lowest BCUT2D eigenvalue weighted by Gasteiger charge is -2.32. The molecule has 1 rings (SSSR count). The van der Waals surface area contributed by atoms with Crippen molar-refractivity contribution in [3.05, 3.63) is 11.8 Å². The zero-order chi connectivity index (χ0) is 9.84. The topological polar surface area (TPSA) is 15.3 Å². The van der Waals surface area contributed by atoms with E-state index in [1.807, 2.05) is 7.05 Å². The molecule has 2 heteroatoms. The predicted octanol–water partition coefficient (Wildman–Crippen LogP) is 2.19. The quantitative estimate of drug-likeness (QED) is 0.673. The number of nitrogens with zero attached hydrogens (tertiary/aromatic N) is 1. The highest BCUT2D eigenvalue weighted by atomic mass is 15.2. The van der Waals surface area contributed by atoms with Crippen LogP contribution in [0.1, 0.15) is 33.1 Å². The van der Waals surface area contributed by atoms with Gasteiger partial charge in [0.05, 0.1) is 6.17 Å². The Bertz CT molecular complexity index is 187. The van der Waals surface area contributed by atoms with Gasteiger partial charge in [-0.1, -0.05) is 13.0 Å². The Morgan fingerprint density at radius 1 is 1.62 bits per heavy atom. The van der Waals surface area contributed by atoms with Crippen LogP contribution in [0.15, 0.2) is 11.8 Å². The normalized spacial score (nSPS) is 25.2. The average molecular weight is 182 g/mol. The number of nitrogens with one attached hydrogen (secondary N) is 1. The van der Waals surface area contributed by atoms with Crippen molar-refractivity contribution in [3.63, 3.8) is 0 Å². The number of hydrogen-bond donors (Lipinski definition) is 1. The van der Waals surface area contributed by atoms with Crippen molar-refractivity contribution in [2.24, 2.45) is 5.92 Å². The maximum absolute atomic E-state index is 3.26. The second-order valence-corrected chi connectivity index (χ2v) is 4.15. The molecule has 2 atom stereocenters. The molecule has 0 amide bonds. The summed E-state index contributed by atoms with van der Waals surface area (Å²) in [5.74, 6) is 0.877. The summed E-state index contributed by atoms with van der Waals surface area (Å²) in [5, 5.41) is 3.26. The van der Waals surface area contributed by atoms with Crippen molar-refractivity contribution < 1.29 is 0 Å². The Hall–Kier alpha value is -0.500. The Morgan fingerprint density at radius 2 is 2.31 bits per heavy atom. The van der Waals surface area contributed by atoms with Gasteiger partial charge in [0, 0.05) is 12.7 Å². The highest BCUT2D eigenvalue weighted by Crippen LogP contribution is 2.24. The first-order valence-corrected chi connectivity index (χ1v) is 5.24. The van der Waals surface area contributed by atoms with Crippen LogP contribution in [0, 0.1) is 5.92 Å². The minimum Gasteiger partial charge on any atom is -0.363 e. The summed E-state index contributed by atoms with van der Waals surface area (Å²) in [7, 11) is 4.18. The summed E-state index contributed by atoms with van der Waals surface area (Å²) in [4.78, 5) is 2.34. The molecule has 1 aliphatic rings. The largest absolute Gasteiger partial charge is 0.363 e. The second-order valence-electron chi connectivity index (χ2n) is 4.15. The number of hydrogen-bond acceptors (Lipinski definition) is 2. The van der Waals surface area contributed by atoms with Crippen LogP contribution in [0.3, 0.4) is 0 Å². The van der Waals surface area contributed by atoms with Gasteiger partial charge in [-0.2, -0.15) is 0 Å². The van der Waals surface area contributed by atoms with Gasteiger partial charge in [-0.25, -0.2) is 0 Å². The van der Waals surface area contributed by atoms with Gasteiger partial charge in [-0.05, 0) is 39.2 Å². The van der Waals surface area contributed by atoms with Gasteiger partial charge in [0.2, 0.25) is 0 Å². The molecule has 1 N–H and O–H groups in total. The molecule has 0 aromatic rings. The highest BCUT2D eigenvalue weighted by molar-refractivity contribution is 5.05. The summed E-state index contributed by atoms with van der Waals surface area (Å²) >= 11 is 0. The molecule has 2 unspecified atom stereocenters. The van der Waals surface area contributed by atoms with E-state index in [4.69, 9.17) is 0 Å². The lowest BCUT2D eigenvalue weighted by atomic mass is 9.94. The third-order valence-corrected chi connectivity index (χ3v) is 3.10. The van der Waals surface area contributed by atoms with Crippen LogP contribution in [0.2, 0.25) is 0 Å². The molecule has 0 saturated carbocycles. The van der Waals surface area contributed by atoms with Gasteiger partial charge < -0.3 is 10.2 Å². The van der Waals surface area contributed by atoms with E-state index < -0.39 is 0 Å². The first kappa shape index (κ1) is 10.6. The smallest absolute Gasteiger partial charge is 0.0758 e. The third-order valence-electron chi connectivity index (χ3n) is 3.10. The summed E-state index contributed by atoms with van der Waals surface area (Å²) in [5.41, 5.74) is 1.50. The number of rotatable bonds is 3. The lowest BCUT2D eigenvalue weighted by Crippen LogP contribution is -2.38. The van der Waals surface area contributed by atoms with E-state index in [0.717, 1.165) is 5.92 Å². The molecule has 2 nitrogen and oxygen atoms in total. The van der Waals surface area contributed by atoms with Crippen LogP contribution in [0.25, 0.3) is 0 Å². The molecule has 0 aromatic heterocycles. The van der Waals surface area contributed by atoms with Crippen molar-refractivity contribution in [1.29, 1.82) is 0 Å². The van der Waals surface area contributed by atoms with E-state index in [2.05, 4.69) is 37.2 Å². The molecule has 0 aromatic carbocycles. The lowest BCUT2D eigenvalue weighted by molar-refractivity contribution is 0.266. The van der Waals surface area contributed by atoms with E-state index in [0.29, 0.717) is 6.17 Å². The van der Waals surface area contributed by atoms with Crippen molar-refractivity contribution in [2.75, 3.05) is 14.1 Å². The molecular weight excluding hydrogens is 160 g/mol. The zero-order valence-electron chi connectivity index (χ0n) is 9.30. The van der Waals surface area contributed by atoms with Gasteiger partial charge in [0.1, 0.15) is 0 Å². The van der Waals surface area contributed by atoms with E-state index in [1.165, 1.54) is 25.0 Å². The Morgan fingerprint density at radius 3 is 2.77 bits per heavy atom. The summed E-state index contributed by atoms with van der Waals surface area (Å²) in [6, 6.07) is 0. The van der Waals surface area contributed by atoms with E-state index in [-0.39, 0.29) is 0 Å². The summed E-state index contributed by atoms with van der Waals surface area (Å²) in [6.07, 6.45) is 6.66. The molecule has 0 heterocycles. The maximum Gasteiger partial charge on any atom is 0.0758 e. The Labute approximate surface area is 82.0 Å². The van der Waals surface area contributed by atoms with Gasteiger partial charge in [0.25, 0.3) is 0 Å². The molecular formula is C11H22N2. The Balaban J connectivity index is 2.52. The minimum absolute atomic E-state index is 0.444. The summed E-state index contributed by atoms with van der Waals surface area (Å²) in [6.45, 7) is 4.52.